The first-order valence-corrected chi connectivity index (χ1v) is 7.45. The van der Waals surface area contributed by atoms with Gasteiger partial charge in [0.05, 0.1) is 0 Å². The zero-order chi connectivity index (χ0) is 14.5. The molecule has 2 amide bonds. The van der Waals surface area contributed by atoms with Crippen molar-refractivity contribution >= 4 is 17.6 Å². The highest BCUT2D eigenvalue weighted by molar-refractivity contribution is 6.31. The summed E-state index contributed by atoms with van der Waals surface area (Å²) in [5, 5.41) is 3.75. The van der Waals surface area contributed by atoms with Gasteiger partial charge < -0.3 is 10.2 Å². The van der Waals surface area contributed by atoms with Gasteiger partial charge in [-0.05, 0) is 25.5 Å². The van der Waals surface area contributed by atoms with E-state index in [4.69, 9.17) is 11.6 Å². The molecule has 0 saturated carbocycles. The van der Waals surface area contributed by atoms with Crippen LogP contribution in [0.5, 0.6) is 0 Å². The van der Waals surface area contributed by atoms with Gasteiger partial charge in [0, 0.05) is 43.8 Å². The molecule has 1 saturated heterocycles. The normalized spacial score (nSPS) is 16.5. The van der Waals surface area contributed by atoms with E-state index in [0.29, 0.717) is 0 Å². The molecule has 0 aliphatic carbocycles. The van der Waals surface area contributed by atoms with Crippen LogP contribution >= 0.6 is 11.6 Å². The number of hydrogen-bond donors (Lipinski definition) is 1. The number of piperazine rings is 1. The van der Waals surface area contributed by atoms with Gasteiger partial charge in [-0.2, -0.15) is 0 Å². The van der Waals surface area contributed by atoms with Crippen molar-refractivity contribution in [3.63, 3.8) is 0 Å². The van der Waals surface area contributed by atoms with E-state index >= 15 is 0 Å². The van der Waals surface area contributed by atoms with Gasteiger partial charge in [-0.15, -0.1) is 0 Å². The molecule has 1 N–H and O–H groups in total. The Bertz CT molecular complexity index is 456. The maximum atomic E-state index is 11.9. The maximum Gasteiger partial charge on any atom is 0.317 e. The van der Waals surface area contributed by atoms with E-state index in [-0.39, 0.29) is 12.1 Å². The fourth-order valence-corrected chi connectivity index (χ4v) is 2.51. The minimum Gasteiger partial charge on any atom is -0.336 e. The van der Waals surface area contributed by atoms with Crippen molar-refractivity contribution in [1.82, 2.24) is 15.1 Å². The number of carbonyl (C=O) groups excluding carboxylic acids is 1. The molecule has 1 aliphatic heterocycles. The molecule has 2 rings (SSSR count). The van der Waals surface area contributed by atoms with Gasteiger partial charge in [-0.3, -0.25) is 4.90 Å². The summed E-state index contributed by atoms with van der Waals surface area (Å²) in [6.45, 7) is 8.11. The third-order valence-electron chi connectivity index (χ3n) is 3.42. The lowest BCUT2D eigenvalue weighted by molar-refractivity contribution is 0.134. The van der Waals surface area contributed by atoms with Crippen LogP contribution in [-0.2, 0) is 6.54 Å². The average Bonchev–Trinajstić information content (AvgIpc) is 2.41. The first-order valence-electron chi connectivity index (χ1n) is 7.07. The molecule has 4 nitrogen and oxygen atoms in total. The van der Waals surface area contributed by atoms with Gasteiger partial charge in [0.15, 0.2) is 0 Å². The first-order chi connectivity index (χ1) is 9.56. The van der Waals surface area contributed by atoms with Crippen molar-refractivity contribution in [3.05, 3.63) is 34.9 Å². The third-order valence-corrected chi connectivity index (χ3v) is 3.79. The van der Waals surface area contributed by atoms with Crippen LogP contribution in [0.3, 0.4) is 0 Å². The fraction of sp³-hybridized carbons (Fsp3) is 0.533. The van der Waals surface area contributed by atoms with E-state index in [1.54, 1.807) is 0 Å². The Morgan fingerprint density at radius 2 is 1.90 bits per heavy atom. The van der Waals surface area contributed by atoms with Crippen LogP contribution in [0.1, 0.15) is 19.4 Å². The highest BCUT2D eigenvalue weighted by Crippen LogP contribution is 2.17. The minimum absolute atomic E-state index is 0.0393. The number of nitrogens with one attached hydrogen (secondary N) is 1. The summed E-state index contributed by atoms with van der Waals surface area (Å²) in [4.78, 5) is 16.1. The second-order valence-electron chi connectivity index (χ2n) is 5.46. The lowest BCUT2D eigenvalue weighted by Gasteiger charge is -2.35. The molecule has 0 spiro atoms. The number of urea groups is 1. The molecule has 0 aromatic heterocycles. The van der Waals surface area contributed by atoms with Gasteiger partial charge in [0.2, 0.25) is 0 Å². The van der Waals surface area contributed by atoms with Crippen LogP contribution in [-0.4, -0.2) is 48.1 Å². The molecule has 0 bridgehead atoms. The molecule has 1 aromatic carbocycles. The molecule has 1 heterocycles. The predicted molar refractivity (Wildman–Crippen MR) is 82.0 cm³/mol. The third kappa shape index (κ3) is 4.12. The second kappa shape index (κ2) is 6.95. The Morgan fingerprint density at radius 3 is 2.50 bits per heavy atom. The minimum atomic E-state index is 0.0393. The van der Waals surface area contributed by atoms with E-state index in [2.05, 4.69) is 16.3 Å². The maximum absolute atomic E-state index is 11.9. The number of nitrogens with zero attached hydrogens (tertiary/aromatic N) is 2. The topological polar surface area (TPSA) is 35.6 Å². The molecule has 0 atom stereocenters. The van der Waals surface area contributed by atoms with Gasteiger partial charge in [0.25, 0.3) is 0 Å². The summed E-state index contributed by atoms with van der Waals surface area (Å²) in [7, 11) is 0. The van der Waals surface area contributed by atoms with Crippen LogP contribution in [0.15, 0.2) is 24.3 Å². The highest BCUT2D eigenvalue weighted by Gasteiger charge is 2.21. The lowest BCUT2D eigenvalue weighted by atomic mass is 10.2. The van der Waals surface area contributed by atoms with Crippen LogP contribution in [0.2, 0.25) is 5.02 Å². The average molecular weight is 296 g/mol. The Labute approximate surface area is 125 Å². The van der Waals surface area contributed by atoms with Gasteiger partial charge >= 0.3 is 6.03 Å². The lowest BCUT2D eigenvalue weighted by Crippen LogP contribution is -2.52. The number of carbonyl (C=O) groups is 1. The fourth-order valence-electron chi connectivity index (χ4n) is 2.31. The number of amides is 2. The zero-order valence-electron chi connectivity index (χ0n) is 12.1. The number of hydrogen-bond acceptors (Lipinski definition) is 2. The summed E-state index contributed by atoms with van der Waals surface area (Å²) < 4.78 is 0. The largest absolute Gasteiger partial charge is 0.336 e. The standard InChI is InChI=1S/C15H22ClN3O/c1-12(2)17-15(20)19-9-7-18(8-10-19)11-13-5-3-4-6-14(13)16/h3-6,12H,7-11H2,1-2H3,(H,17,20). The van der Waals surface area contributed by atoms with Crippen molar-refractivity contribution in [1.29, 1.82) is 0 Å². The van der Waals surface area contributed by atoms with E-state index < -0.39 is 0 Å². The van der Waals surface area contributed by atoms with Crippen molar-refractivity contribution in [2.45, 2.75) is 26.4 Å². The van der Waals surface area contributed by atoms with Crippen molar-refractivity contribution in [2.24, 2.45) is 0 Å². The van der Waals surface area contributed by atoms with Crippen LogP contribution in [0.4, 0.5) is 4.79 Å². The molecule has 0 unspecified atom stereocenters. The van der Waals surface area contributed by atoms with Crippen LogP contribution < -0.4 is 5.32 Å². The summed E-state index contributed by atoms with van der Waals surface area (Å²) in [5.74, 6) is 0. The Balaban J connectivity index is 1.83. The number of rotatable bonds is 3. The Kier molecular flexibility index (Phi) is 5.26. The van der Waals surface area contributed by atoms with Crippen molar-refractivity contribution in [2.75, 3.05) is 26.2 Å². The molecule has 110 valence electrons. The molecule has 1 fully saturated rings. The van der Waals surface area contributed by atoms with Crippen molar-refractivity contribution in [3.8, 4) is 0 Å². The van der Waals surface area contributed by atoms with Crippen LogP contribution in [0, 0.1) is 0 Å². The van der Waals surface area contributed by atoms with Gasteiger partial charge in [-0.25, -0.2) is 4.79 Å². The SMILES string of the molecule is CC(C)NC(=O)N1CCN(Cc2ccccc2Cl)CC1. The zero-order valence-corrected chi connectivity index (χ0v) is 12.9. The number of benzene rings is 1. The smallest absolute Gasteiger partial charge is 0.317 e. The Hall–Kier alpha value is -1.26. The molecule has 0 radical (unpaired) electrons. The predicted octanol–water partition coefficient (Wildman–Crippen LogP) is 2.58. The van der Waals surface area contributed by atoms with Gasteiger partial charge in [0.1, 0.15) is 0 Å². The number of halogens is 1. The van der Waals surface area contributed by atoms with Crippen LogP contribution in [0.25, 0.3) is 0 Å². The molecular weight excluding hydrogens is 274 g/mol. The van der Waals surface area contributed by atoms with E-state index in [9.17, 15) is 4.79 Å². The van der Waals surface area contributed by atoms with Gasteiger partial charge in [-0.1, -0.05) is 29.8 Å². The van der Waals surface area contributed by atoms with E-state index in [1.165, 1.54) is 0 Å². The molecule has 1 aromatic rings. The van der Waals surface area contributed by atoms with E-state index in [1.807, 2.05) is 36.9 Å². The van der Waals surface area contributed by atoms with Crippen molar-refractivity contribution < 1.29 is 4.79 Å². The summed E-state index contributed by atoms with van der Waals surface area (Å²) in [6, 6.07) is 8.15. The summed E-state index contributed by atoms with van der Waals surface area (Å²) >= 11 is 6.18. The molecule has 5 heteroatoms. The van der Waals surface area contributed by atoms with E-state index in [0.717, 1.165) is 43.3 Å². The molecule has 1 aliphatic rings. The first kappa shape index (κ1) is 15.1. The molecular formula is C15H22ClN3O. The molecule has 20 heavy (non-hydrogen) atoms. The summed E-state index contributed by atoms with van der Waals surface area (Å²) in [6.07, 6.45) is 0. The monoisotopic (exact) mass is 295 g/mol. The quantitative estimate of drug-likeness (QED) is 0.930. The second-order valence-corrected chi connectivity index (χ2v) is 5.87. The Morgan fingerprint density at radius 1 is 1.25 bits per heavy atom. The summed E-state index contributed by atoms with van der Waals surface area (Å²) in [5.41, 5.74) is 1.15. The highest BCUT2D eigenvalue weighted by atomic mass is 35.5.